The van der Waals surface area contributed by atoms with Gasteiger partial charge in [-0.05, 0) is 51.5 Å². The van der Waals surface area contributed by atoms with Crippen LogP contribution in [0.15, 0.2) is 29.2 Å². The normalized spacial score (nSPS) is 18.8. The molecule has 1 aromatic carbocycles. The number of nitrogens with zero attached hydrogens (tertiary/aromatic N) is 1. The van der Waals surface area contributed by atoms with E-state index in [-0.39, 0.29) is 22.8 Å². The van der Waals surface area contributed by atoms with E-state index in [0.717, 1.165) is 6.42 Å². The molecule has 2 atom stereocenters. The van der Waals surface area contributed by atoms with Crippen LogP contribution in [0.25, 0.3) is 0 Å². The molecule has 1 fully saturated rings. The molecule has 0 spiro atoms. The minimum absolute atomic E-state index is 0.0607. The minimum Gasteiger partial charge on any atom is -0.352 e. The van der Waals surface area contributed by atoms with E-state index in [1.807, 2.05) is 13.8 Å². The summed E-state index contributed by atoms with van der Waals surface area (Å²) in [5.74, 6) is 0.613. The monoisotopic (exact) mass is 398 g/mol. The van der Waals surface area contributed by atoms with Gasteiger partial charge in [0.15, 0.2) is 9.84 Å². The maximum atomic E-state index is 12.8. The number of carbonyl (C=O) groups excluding carboxylic acids is 2. The molecule has 1 heterocycles. The first-order valence-corrected chi connectivity index (χ1v) is 11.4. The van der Waals surface area contributed by atoms with Gasteiger partial charge in [0.1, 0.15) is 6.04 Å². The molecule has 0 bridgehead atoms. The van der Waals surface area contributed by atoms with E-state index in [2.05, 4.69) is 5.32 Å². The molecule has 1 aromatic rings. The molecule has 0 saturated carbocycles. The Morgan fingerprint density at radius 3 is 2.38 bits per heavy atom. The Kier molecular flexibility index (Phi) is 6.74. The zero-order valence-electron chi connectivity index (χ0n) is 15.6. The molecule has 1 aliphatic heterocycles. The van der Waals surface area contributed by atoms with Crippen molar-refractivity contribution in [3.8, 4) is 0 Å². The van der Waals surface area contributed by atoms with Crippen LogP contribution in [0.5, 0.6) is 0 Å². The van der Waals surface area contributed by atoms with E-state index in [1.54, 1.807) is 18.7 Å². The number of rotatable bonds is 6. The van der Waals surface area contributed by atoms with E-state index in [4.69, 9.17) is 0 Å². The first kappa shape index (κ1) is 20.8. The smallest absolute Gasteiger partial charge is 0.255 e. The van der Waals surface area contributed by atoms with Gasteiger partial charge in [-0.2, -0.15) is 0 Å². The third-order valence-electron chi connectivity index (χ3n) is 4.50. The topological polar surface area (TPSA) is 83.6 Å². The summed E-state index contributed by atoms with van der Waals surface area (Å²) >= 11 is 1.54. The molecule has 1 saturated heterocycles. The van der Waals surface area contributed by atoms with Gasteiger partial charge in [0.05, 0.1) is 16.0 Å². The minimum atomic E-state index is -3.37. The molecule has 0 aliphatic carbocycles. The highest BCUT2D eigenvalue weighted by molar-refractivity contribution is 7.99. The van der Waals surface area contributed by atoms with Crippen LogP contribution in [-0.4, -0.2) is 54.1 Å². The number of thioether (sulfide) groups is 1. The third-order valence-corrected chi connectivity index (χ3v) is 7.68. The number of carbonyl (C=O) groups is 2. The highest BCUT2D eigenvalue weighted by Gasteiger charge is 2.35. The van der Waals surface area contributed by atoms with Crippen LogP contribution < -0.4 is 5.32 Å². The average molecular weight is 399 g/mol. The van der Waals surface area contributed by atoms with E-state index in [1.165, 1.54) is 36.0 Å². The highest BCUT2D eigenvalue weighted by Crippen LogP contribution is 2.24. The number of hydrogen-bond donors (Lipinski definition) is 1. The van der Waals surface area contributed by atoms with E-state index < -0.39 is 21.1 Å². The molecule has 8 heteroatoms. The Hall–Kier alpha value is -1.54. The molecule has 2 rings (SSSR count). The maximum absolute atomic E-state index is 12.8. The van der Waals surface area contributed by atoms with Crippen LogP contribution in [0.4, 0.5) is 0 Å². The van der Waals surface area contributed by atoms with Crippen LogP contribution in [-0.2, 0) is 14.6 Å². The van der Waals surface area contributed by atoms with Gasteiger partial charge in [-0.3, -0.25) is 9.59 Å². The number of hydrogen-bond acceptors (Lipinski definition) is 5. The van der Waals surface area contributed by atoms with Crippen molar-refractivity contribution in [1.82, 2.24) is 10.2 Å². The summed E-state index contributed by atoms with van der Waals surface area (Å²) in [6.45, 7) is 7.16. The van der Waals surface area contributed by atoms with Crippen molar-refractivity contribution in [2.45, 2.75) is 56.3 Å². The fourth-order valence-electron chi connectivity index (χ4n) is 2.53. The van der Waals surface area contributed by atoms with Gasteiger partial charge in [-0.15, -0.1) is 11.8 Å². The summed E-state index contributed by atoms with van der Waals surface area (Å²) in [6, 6.07) is 5.51. The number of sulfone groups is 1. The number of amides is 2. The van der Waals surface area contributed by atoms with Crippen LogP contribution >= 0.6 is 11.8 Å². The average Bonchev–Trinajstić information content (AvgIpc) is 3.10. The van der Waals surface area contributed by atoms with Crippen molar-refractivity contribution in [1.29, 1.82) is 0 Å². The molecule has 1 aliphatic rings. The van der Waals surface area contributed by atoms with Gasteiger partial charge in [0, 0.05) is 17.4 Å². The summed E-state index contributed by atoms with van der Waals surface area (Å²) in [7, 11) is -3.37. The molecule has 6 nitrogen and oxygen atoms in total. The predicted molar refractivity (Wildman–Crippen MR) is 104 cm³/mol. The summed E-state index contributed by atoms with van der Waals surface area (Å²) in [5, 5.41) is 2.40. The summed E-state index contributed by atoms with van der Waals surface area (Å²) in [5.41, 5.74) is 0.386. The SMILES string of the molecule is CCC(C)NC(=O)C1CSCN1C(=O)c1ccc(S(=O)(=O)C(C)C)cc1. The predicted octanol–water partition coefficient (Wildman–Crippen LogP) is 2.30. The molecule has 2 amide bonds. The van der Waals surface area contributed by atoms with Crippen LogP contribution in [0, 0.1) is 0 Å². The maximum Gasteiger partial charge on any atom is 0.255 e. The fraction of sp³-hybridized carbons (Fsp3) is 0.556. The van der Waals surface area contributed by atoms with Crippen molar-refractivity contribution in [3.63, 3.8) is 0 Å². The number of benzene rings is 1. The van der Waals surface area contributed by atoms with E-state index in [9.17, 15) is 18.0 Å². The van der Waals surface area contributed by atoms with E-state index >= 15 is 0 Å². The van der Waals surface area contributed by atoms with Crippen molar-refractivity contribution >= 4 is 33.4 Å². The van der Waals surface area contributed by atoms with Crippen LogP contribution in [0.3, 0.4) is 0 Å². The molecule has 144 valence electrons. The fourth-order valence-corrected chi connectivity index (χ4v) is 4.74. The quantitative estimate of drug-likeness (QED) is 0.795. The Morgan fingerprint density at radius 1 is 1.23 bits per heavy atom. The third kappa shape index (κ3) is 4.40. The second-order valence-corrected chi connectivity index (χ2v) is 10.2. The van der Waals surface area contributed by atoms with Crippen LogP contribution in [0.2, 0.25) is 0 Å². The highest BCUT2D eigenvalue weighted by atomic mass is 32.2. The van der Waals surface area contributed by atoms with Gasteiger partial charge in [-0.1, -0.05) is 6.92 Å². The molecular formula is C18H26N2O4S2. The second-order valence-electron chi connectivity index (χ2n) is 6.73. The van der Waals surface area contributed by atoms with Gasteiger partial charge in [-0.25, -0.2) is 8.42 Å². The lowest BCUT2D eigenvalue weighted by molar-refractivity contribution is -0.125. The summed E-state index contributed by atoms with van der Waals surface area (Å²) in [4.78, 5) is 27.0. The summed E-state index contributed by atoms with van der Waals surface area (Å²) < 4.78 is 24.4. The summed E-state index contributed by atoms with van der Waals surface area (Å²) in [6.07, 6.45) is 0.825. The lowest BCUT2D eigenvalue weighted by atomic mass is 10.1. The van der Waals surface area contributed by atoms with Crippen molar-refractivity contribution in [2.24, 2.45) is 0 Å². The van der Waals surface area contributed by atoms with Gasteiger partial charge < -0.3 is 10.2 Å². The second kappa shape index (κ2) is 8.43. The van der Waals surface area contributed by atoms with Crippen molar-refractivity contribution < 1.29 is 18.0 Å². The van der Waals surface area contributed by atoms with Gasteiger partial charge >= 0.3 is 0 Å². The largest absolute Gasteiger partial charge is 0.352 e. The molecule has 1 N–H and O–H groups in total. The Morgan fingerprint density at radius 2 is 1.85 bits per heavy atom. The zero-order chi connectivity index (χ0) is 19.5. The Balaban J connectivity index is 2.16. The molecular weight excluding hydrogens is 372 g/mol. The Bertz CT molecular complexity index is 760. The van der Waals surface area contributed by atoms with Crippen LogP contribution in [0.1, 0.15) is 44.5 Å². The van der Waals surface area contributed by atoms with Crippen molar-refractivity contribution in [2.75, 3.05) is 11.6 Å². The van der Waals surface area contributed by atoms with Gasteiger partial charge in [0.2, 0.25) is 5.91 Å². The molecule has 26 heavy (non-hydrogen) atoms. The molecule has 0 radical (unpaired) electrons. The first-order chi connectivity index (χ1) is 12.2. The van der Waals surface area contributed by atoms with Gasteiger partial charge in [0.25, 0.3) is 5.91 Å². The molecule has 2 unspecified atom stereocenters. The van der Waals surface area contributed by atoms with E-state index in [0.29, 0.717) is 17.2 Å². The molecule has 0 aromatic heterocycles. The zero-order valence-corrected chi connectivity index (χ0v) is 17.2. The first-order valence-electron chi connectivity index (χ1n) is 8.71. The lowest BCUT2D eigenvalue weighted by Crippen LogP contribution is -2.49. The standard InChI is InChI=1S/C18H26N2O4S2/c1-5-13(4)19-17(21)16-10-25-11-20(16)18(22)14-6-8-15(9-7-14)26(23,24)12(2)3/h6-9,12-13,16H,5,10-11H2,1-4H3,(H,19,21). The van der Waals surface area contributed by atoms with Crippen molar-refractivity contribution in [3.05, 3.63) is 29.8 Å². The lowest BCUT2D eigenvalue weighted by Gasteiger charge is -2.24. The number of nitrogens with one attached hydrogen (secondary N) is 1. The Labute approximate surface area is 159 Å².